The Hall–Kier alpha value is -3.64. The van der Waals surface area contributed by atoms with E-state index in [2.05, 4.69) is 87.1 Å². The van der Waals surface area contributed by atoms with Gasteiger partial charge in [0.15, 0.2) is 18.0 Å². The summed E-state index contributed by atoms with van der Waals surface area (Å²) in [5.41, 5.74) is 0. The van der Waals surface area contributed by atoms with E-state index in [1.165, 1.54) is 155 Å². The van der Waals surface area contributed by atoms with Crippen LogP contribution in [0.2, 0.25) is 0 Å². The minimum absolute atomic E-state index is 0.0681. The first-order valence-corrected chi connectivity index (χ1v) is 49.2. The first kappa shape index (κ1) is 109. The lowest BCUT2D eigenvalue weighted by Gasteiger charge is -2.22. The number of rotatable bonds is 84. The molecule has 26 heteroatoms. The van der Waals surface area contributed by atoms with Crippen LogP contribution in [0.1, 0.15) is 402 Å². The minimum atomic E-state index is -4.80. The number of hydrogen-bond acceptors (Lipinski definition) is 18. The molecule has 674 valence electrons. The fraction of sp³-hybridized carbons (Fsp3) is 0.888. The van der Waals surface area contributed by atoms with Crippen LogP contribution in [0.4, 0.5) is 0 Å². The van der Waals surface area contributed by atoms with Crippen LogP contribution < -0.4 is 21.3 Å². The van der Waals surface area contributed by atoms with Crippen LogP contribution in [0, 0.1) is 0 Å². The van der Waals surface area contributed by atoms with E-state index in [9.17, 15) is 47.7 Å². The largest absolute Gasteiger partial charge is 0.472 e. The van der Waals surface area contributed by atoms with Crippen LogP contribution >= 0.6 is 15.6 Å². The molecule has 0 radical (unpaired) electrons. The van der Waals surface area contributed by atoms with Crippen molar-refractivity contribution in [3.63, 3.8) is 0 Å². The number of carbonyl (C=O) groups is 6. The van der Waals surface area contributed by atoms with E-state index >= 15 is 0 Å². The van der Waals surface area contributed by atoms with E-state index in [0.29, 0.717) is 64.2 Å². The normalized spacial score (nSPS) is 16.3. The third-order valence-electron chi connectivity index (χ3n) is 20.5. The van der Waals surface area contributed by atoms with Crippen molar-refractivity contribution in [2.24, 2.45) is 0 Å². The topological polar surface area (TPSA) is 317 Å². The second-order valence-corrected chi connectivity index (χ2v) is 35.0. The summed E-state index contributed by atoms with van der Waals surface area (Å²) in [4.78, 5) is 102. The molecule has 0 bridgehead atoms. The molecule has 115 heavy (non-hydrogen) atoms. The Balaban J connectivity index is 2.99. The minimum Gasteiger partial charge on any atom is -0.462 e. The van der Waals surface area contributed by atoms with Crippen LogP contribution in [-0.2, 0) is 84.4 Å². The first-order chi connectivity index (χ1) is 55.6. The van der Waals surface area contributed by atoms with Gasteiger partial charge in [0.05, 0.1) is 64.9 Å². The molecular weight excluding hydrogens is 1510 g/mol. The van der Waals surface area contributed by atoms with Gasteiger partial charge in [-0.3, -0.25) is 46.9 Å². The maximum atomic E-state index is 13.6. The quantitative estimate of drug-likeness (QED) is 0.0143. The molecule has 0 saturated carbocycles. The Kier molecular flexibility index (Phi) is 71.6. The molecule has 0 aliphatic carbocycles. The van der Waals surface area contributed by atoms with Gasteiger partial charge in [0.25, 0.3) is 11.8 Å². The Bertz CT molecular complexity index is 2380. The van der Waals surface area contributed by atoms with Crippen molar-refractivity contribution in [2.45, 2.75) is 444 Å². The molecule has 1 aliphatic heterocycles. The number of allylic oxidation sites excluding steroid dienone is 4. The predicted octanol–water partition coefficient (Wildman–Crippen LogP) is 21.1. The van der Waals surface area contributed by atoms with Gasteiger partial charge in [-0.1, -0.05) is 284 Å². The maximum Gasteiger partial charge on any atom is 0.472 e. The third kappa shape index (κ3) is 67.7. The number of nitrogens with one attached hydrogen (secondary N) is 4. The maximum absolute atomic E-state index is 13.6. The van der Waals surface area contributed by atoms with Crippen LogP contribution in [0.15, 0.2) is 24.3 Å². The lowest BCUT2D eigenvalue weighted by molar-refractivity contribution is -0.159. The van der Waals surface area contributed by atoms with Crippen LogP contribution in [-0.4, -0.2) is 154 Å². The highest BCUT2D eigenvalue weighted by molar-refractivity contribution is 7.47. The highest BCUT2D eigenvalue weighted by Crippen LogP contribution is 2.44. The monoisotopic (exact) mass is 1680 g/mol. The van der Waals surface area contributed by atoms with Gasteiger partial charge >= 0.3 is 27.6 Å². The van der Waals surface area contributed by atoms with E-state index in [0.717, 1.165) is 128 Å². The Morgan fingerprint density at radius 2 is 0.643 bits per heavy atom. The van der Waals surface area contributed by atoms with Crippen LogP contribution in [0.3, 0.4) is 0 Å². The third-order valence-corrected chi connectivity index (χ3v) is 22.5. The van der Waals surface area contributed by atoms with Crippen molar-refractivity contribution in [3.05, 3.63) is 24.3 Å². The Morgan fingerprint density at radius 1 is 0.357 bits per heavy atom. The zero-order chi connectivity index (χ0) is 84.4. The fourth-order valence-electron chi connectivity index (χ4n) is 13.6. The van der Waals surface area contributed by atoms with Gasteiger partial charge < -0.3 is 59.5 Å². The summed E-state index contributed by atoms with van der Waals surface area (Å²) in [5, 5.41) is 10.9. The van der Waals surface area contributed by atoms with Crippen molar-refractivity contribution in [3.8, 4) is 0 Å². The van der Waals surface area contributed by atoms with Crippen molar-refractivity contribution in [1.82, 2.24) is 21.3 Å². The molecule has 1 rings (SSSR count). The van der Waals surface area contributed by atoms with Gasteiger partial charge in [0.1, 0.15) is 12.2 Å². The molecule has 1 aliphatic rings. The number of ether oxygens (including phenoxy) is 6. The number of phosphoric ester groups is 2. The summed E-state index contributed by atoms with van der Waals surface area (Å²) in [6.07, 6.45) is 58.6. The van der Waals surface area contributed by atoms with Gasteiger partial charge in [-0.2, -0.15) is 0 Å². The van der Waals surface area contributed by atoms with E-state index in [1.807, 2.05) is 0 Å². The van der Waals surface area contributed by atoms with Gasteiger partial charge in [-0.05, 0) is 104 Å². The number of unbranched alkanes of at least 4 members (excludes halogenated alkanes) is 38. The number of phosphoric acid groups is 2. The van der Waals surface area contributed by atoms with Gasteiger partial charge in [-0.15, -0.1) is 0 Å². The molecule has 8 atom stereocenters. The van der Waals surface area contributed by atoms with Crippen LogP contribution in [0.25, 0.3) is 0 Å². The second-order valence-electron chi connectivity index (χ2n) is 32.1. The summed E-state index contributed by atoms with van der Waals surface area (Å²) in [6.45, 7) is 13.9. The lowest BCUT2D eigenvalue weighted by Crippen LogP contribution is -2.48. The molecule has 1 fully saturated rings. The summed E-state index contributed by atoms with van der Waals surface area (Å²) in [6, 6.07) is -1.70. The van der Waals surface area contributed by atoms with Crippen molar-refractivity contribution >= 4 is 51.2 Å². The lowest BCUT2D eigenvalue weighted by atomic mass is 10.1. The average Bonchev–Trinajstić information content (AvgIpc) is 1.66. The van der Waals surface area contributed by atoms with E-state index in [1.54, 1.807) is 0 Å². The fourth-order valence-corrected chi connectivity index (χ4v) is 15.2. The Labute approximate surface area is 697 Å². The summed E-state index contributed by atoms with van der Waals surface area (Å²) >= 11 is 0. The van der Waals surface area contributed by atoms with Gasteiger partial charge in [-0.25, -0.2) is 9.13 Å². The number of carbonyl (C=O) groups excluding carboxylic acids is 6. The van der Waals surface area contributed by atoms with E-state index < -0.39 is 84.0 Å². The van der Waals surface area contributed by atoms with Crippen molar-refractivity contribution < 1.29 is 94.2 Å². The highest BCUT2D eigenvalue weighted by Gasteiger charge is 2.49. The molecule has 0 aromatic heterocycles. The standard InChI is InChI=1S/C89H168N4O20P2/c1-9-15-21-27-31-35-37-41-43-49-55-61-81(94)92-77(73-104-69-65-79(59-53-47-25-19-13-5)110-83(96)63-57-51-45-39-33-29-23-17-11-3)75-108-114(100,101)106-71-67-90-87(98)85-86(113-89(7,8)112-85)88(99)91-68-72-107-115(102,103)109-76-78(93-82(95)62-56-50-44-42-38-36-32-28-22-16-10-2)74-105-70-66-80(60-54-48-26-20-14-6)111-84(97)64-58-52-46-40-34-30-24-18-12-4/h39-40,45-46,77-80,85-86H,9-38,41-44,47-76H2,1-8H3,(H,90,98)(H,91,99)(H,92,94)(H,93,95)(H,100,101)(H,102,103)/b45-39-,46-40-/t77?,78?,79-,80-,85?,86?/m1/s1. The molecule has 6 unspecified atom stereocenters. The van der Waals surface area contributed by atoms with E-state index in [-0.39, 0.29) is 88.3 Å². The number of hydrogen-bond donors (Lipinski definition) is 6. The predicted molar refractivity (Wildman–Crippen MR) is 460 cm³/mol. The summed E-state index contributed by atoms with van der Waals surface area (Å²) in [7, 11) is -9.60. The zero-order valence-corrected chi connectivity index (χ0v) is 75.5. The van der Waals surface area contributed by atoms with E-state index in [4.69, 9.17) is 46.5 Å². The molecule has 6 N–H and O–H groups in total. The molecule has 1 saturated heterocycles. The van der Waals surface area contributed by atoms with Crippen molar-refractivity contribution in [2.75, 3.05) is 65.9 Å². The van der Waals surface area contributed by atoms with Gasteiger partial charge in [0, 0.05) is 51.6 Å². The molecule has 0 aromatic carbocycles. The molecule has 24 nitrogen and oxygen atoms in total. The first-order valence-electron chi connectivity index (χ1n) is 46.2. The Morgan fingerprint density at radius 3 is 0.965 bits per heavy atom. The van der Waals surface area contributed by atoms with Gasteiger partial charge in [0.2, 0.25) is 11.8 Å². The summed E-state index contributed by atoms with van der Waals surface area (Å²) in [5.74, 6) is -4.02. The molecule has 0 aromatic rings. The highest BCUT2D eigenvalue weighted by atomic mass is 31.2. The smallest absolute Gasteiger partial charge is 0.462 e. The van der Waals surface area contributed by atoms with Crippen LogP contribution in [0.5, 0.6) is 0 Å². The molecule has 1 heterocycles. The molecule has 0 spiro atoms. The average molecular weight is 1680 g/mol. The molecule has 4 amide bonds. The van der Waals surface area contributed by atoms with Crippen molar-refractivity contribution in [1.29, 1.82) is 0 Å². The SMILES string of the molecule is CCCCCC/C=C\CCCC(=O)O[C@H](CCCCCCC)CCOCC(COP(=O)(O)OCCNC(=O)C1OC(C)(C)OC1C(=O)NCCOP(=O)(O)OCC(COCC[C@@H](CCCCCCC)OC(=O)CCC/C=C\CCCCCC)NC(=O)CCCCCCCCCCCCC)NC(=O)CCCCCCCCCCCCC. The zero-order valence-electron chi connectivity index (χ0n) is 73.7. The number of esters is 2. The summed E-state index contributed by atoms with van der Waals surface area (Å²) < 4.78 is 83.9. The molecular formula is C89H168N4O20P2. The second kappa shape index (κ2) is 75.3. The number of amides is 4.